The summed E-state index contributed by atoms with van der Waals surface area (Å²) in [5.74, 6) is 0. The Kier molecular flexibility index (Phi) is 2.84. The molecule has 0 fully saturated rings. The lowest BCUT2D eigenvalue weighted by atomic mass is 9.89. The summed E-state index contributed by atoms with van der Waals surface area (Å²) in [6.07, 6.45) is 2.16. The van der Waals surface area contributed by atoms with E-state index in [4.69, 9.17) is 0 Å². The molecule has 116 valence electrons. The molecule has 0 aliphatic carbocycles. The van der Waals surface area contributed by atoms with Gasteiger partial charge in [-0.15, -0.1) is 9.20 Å². The van der Waals surface area contributed by atoms with E-state index in [1.807, 2.05) is 0 Å². The van der Waals surface area contributed by atoms with Gasteiger partial charge in [0.25, 0.3) is 0 Å². The Morgan fingerprint density at radius 1 is 0.783 bits per heavy atom. The lowest BCUT2D eigenvalue weighted by molar-refractivity contribution is -0.735. The second-order valence-corrected chi connectivity index (χ2v) is 6.81. The molecule has 0 unspecified atom stereocenters. The Labute approximate surface area is 137 Å². The molecule has 0 aliphatic rings. The molecule has 0 N–H and O–H groups in total. The fourth-order valence-corrected chi connectivity index (χ4v) is 4.06. The molecule has 4 rings (SSSR count). The smallest absolute Gasteiger partial charge is 0.120 e. The number of hydrogen-bond acceptors (Lipinski definition) is 0. The minimum Gasteiger partial charge on any atom is -0.120 e. The van der Waals surface area contributed by atoms with Crippen LogP contribution in [0.4, 0.5) is 0 Å². The van der Waals surface area contributed by atoms with Crippen LogP contribution in [-0.4, -0.2) is 4.52 Å². The van der Waals surface area contributed by atoms with Crippen LogP contribution in [0, 0.1) is 34.6 Å². The van der Waals surface area contributed by atoms with Crippen molar-refractivity contribution in [3.8, 4) is 0 Å². The van der Waals surface area contributed by atoms with E-state index in [-0.39, 0.29) is 0 Å². The Morgan fingerprint density at radius 2 is 1.43 bits per heavy atom. The van der Waals surface area contributed by atoms with Crippen molar-refractivity contribution in [2.45, 2.75) is 34.6 Å². The lowest BCUT2D eigenvalue weighted by Crippen LogP contribution is -2.34. The Bertz CT molecular complexity index is 1110. The van der Waals surface area contributed by atoms with Gasteiger partial charge in [0.15, 0.2) is 13.2 Å². The third kappa shape index (κ3) is 1.66. The molecule has 0 radical (unpaired) electrons. The minimum absolute atomic E-state index is 1.30. The van der Waals surface area contributed by atoms with Gasteiger partial charge in [-0.3, -0.25) is 0 Å². The number of aromatic nitrogens is 2. The second-order valence-electron chi connectivity index (χ2n) is 6.81. The fraction of sp³-hybridized carbons (Fsp3) is 0.286. The van der Waals surface area contributed by atoms with Crippen LogP contribution in [0.25, 0.3) is 27.2 Å². The van der Waals surface area contributed by atoms with Gasteiger partial charge in [0.1, 0.15) is 11.0 Å². The zero-order valence-corrected chi connectivity index (χ0v) is 14.8. The van der Waals surface area contributed by atoms with E-state index in [1.54, 1.807) is 0 Å². The van der Waals surface area contributed by atoms with Crippen LogP contribution in [0.15, 0.2) is 30.5 Å². The largest absolute Gasteiger partial charge is 0.196 e. The summed E-state index contributed by atoms with van der Waals surface area (Å²) in [5.41, 5.74) is 9.56. The highest BCUT2D eigenvalue weighted by atomic mass is 15.3. The molecule has 0 spiro atoms. The molecule has 0 saturated carbocycles. The van der Waals surface area contributed by atoms with Crippen LogP contribution in [0.1, 0.15) is 27.8 Å². The summed E-state index contributed by atoms with van der Waals surface area (Å²) in [6, 6.07) is 8.90. The van der Waals surface area contributed by atoms with E-state index in [0.717, 1.165) is 0 Å². The number of aryl methyl sites for hydroxylation is 4. The maximum Gasteiger partial charge on any atom is 0.196 e. The molecule has 2 heterocycles. The molecule has 4 aromatic rings. The highest BCUT2D eigenvalue weighted by Crippen LogP contribution is 2.37. The van der Waals surface area contributed by atoms with Gasteiger partial charge < -0.3 is 0 Å². The SMILES string of the molecule is Cc1c(C)c(C)c2c(c1C)c1cccc(C)c1n1c2cc[n+]1C. The summed E-state index contributed by atoms with van der Waals surface area (Å²) in [4.78, 5) is 0. The lowest BCUT2D eigenvalue weighted by Gasteiger charge is -2.17. The molecule has 0 amide bonds. The van der Waals surface area contributed by atoms with E-state index in [9.17, 15) is 0 Å². The van der Waals surface area contributed by atoms with Crippen LogP contribution in [0.3, 0.4) is 0 Å². The molecule has 2 heteroatoms. The first-order valence-corrected chi connectivity index (χ1v) is 8.22. The van der Waals surface area contributed by atoms with E-state index < -0.39 is 0 Å². The van der Waals surface area contributed by atoms with E-state index in [0.29, 0.717) is 0 Å². The first-order chi connectivity index (χ1) is 10.9. The van der Waals surface area contributed by atoms with Crippen LogP contribution >= 0.6 is 0 Å². The molecule has 2 aromatic heterocycles. The number of fused-ring (bicyclic) bond motifs is 6. The predicted molar refractivity (Wildman–Crippen MR) is 97.3 cm³/mol. The average molecular weight is 303 g/mol. The van der Waals surface area contributed by atoms with Gasteiger partial charge in [-0.1, -0.05) is 18.2 Å². The summed E-state index contributed by atoms with van der Waals surface area (Å²) in [6.45, 7) is 11.2. The Hall–Kier alpha value is -2.35. The number of benzene rings is 2. The van der Waals surface area contributed by atoms with Crippen molar-refractivity contribution in [1.82, 2.24) is 4.52 Å². The van der Waals surface area contributed by atoms with Gasteiger partial charge in [-0.05, 0) is 67.8 Å². The molecule has 0 aliphatic heterocycles. The molecule has 23 heavy (non-hydrogen) atoms. The molecule has 2 nitrogen and oxygen atoms in total. The van der Waals surface area contributed by atoms with Crippen molar-refractivity contribution in [1.29, 1.82) is 0 Å². The van der Waals surface area contributed by atoms with Gasteiger partial charge in [0.2, 0.25) is 0 Å². The predicted octanol–water partition coefficient (Wildman–Crippen LogP) is 4.61. The number of nitrogens with zero attached hydrogens (tertiary/aromatic N) is 2. The zero-order chi connectivity index (χ0) is 16.5. The van der Waals surface area contributed by atoms with Gasteiger partial charge in [0, 0.05) is 16.8 Å². The van der Waals surface area contributed by atoms with Crippen molar-refractivity contribution >= 4 is 27.2 Å². The highest BCUT2D eigenvalue weighted by Gasteiger charge is 2.20. The van der Waals surface area contributed by atoms with E-state index >= 15 is 0 Å². The van der Waals surface area contributed by atoms with Crippen molar-refractivity contribution in [3.63, 3.8) is 0 Å². The quantitative estimate of drug-likeness (QED) is 0.331. The summed E-state index contributed by atoms with van der Waals surface area (Å²) < 4.78 is 4.54. The average Bonchev–Trinajstić information content (AvgIpc) is 2.91. The highest BCUT2D eigenvalue weighted by molar-refractivity contribution is 6.16. The first-order valence-electron chi connectivity index (χ1n) is 8.22. The summed E-state index contributed by atoms with van der Waals surface area (Å²) in [5, 5.41) is 4.16. The fourth-order valence-electron chi connectivity index (χ4n) is 4.06. The molecule has 0 bridgehead atoms. The summed E-state index contributed by atoms with van der Waals surface area (Å²) in [7, 11) is 2.12. The van der Waals surface area contributed by atoms with Crippen molar-refractivity contribution in [2.75, 3.05) is 0 Å². The first kappa shape index (κ1) is 14.3. The number of para-hydroxylation sites is 1. The van der Waals surface area contributed by atoms with Crippen molar-refractivity contribution in [3.05, 3.63) is 58.3 Å². The standard InChI is InChI=1S/C21H23N2/c1-12-8-7-9-17-19-15(4)13(2)14(3)16(5)20(19)18-10-11-22(6)23(18)21(12)17/h7-11H,1-6H3/q+1. The van der Waals surface area contributed by atoms with Crippen molar-refractivity contribution < 1.29 is 4.68 Å². The Morgan fingerprint density at radius 3 is 2.13 bits per heavy atom. The molecular formula is C21H23N2+. The maximum atomic E-state index is 2.36. The van der Waals surface area contributed by atoms with Crippen LogP contribution in [0.2, 0.25) is 0 Å². The zero-order valence-electron chi connectivity index (χ0n) is 14.8. The van der Waals surface area contributed by atoms with Crippen LogP contribution in [0.5, 0.6) is 0 Å². The van der Waals surface area contributed by atoms with Gasteiger partial charge in [-0.2, -0.15) is 0 Å². The number of rotatable bonds is 0. The van der Waals surface area contributed by atoms with Gasteiger partial charge in [0.05, 0.1) is 0 Å². The number of pyridine rings is 1. The molecule has 0 atom stereocenters. The summed E-state index contributed by atoms with van der Waals surface area (Å²) >= 11 is 0. The second kappa shape index (κ2) is 4.58. The monoisotopic (exact) mass is 303 g/mol. The topological polar surface area (TPSA) is 8.29 Å². The van der Waals surface area contributed by atoms with Crippen LogP contribution < -0.4 is 4.68 Å². The molecular weight excluding hydrogens is 280 g/mol. The normalized spacial score (nSPS) is 11.9. The maximum absolute atomic E-state index is 2.36. The molecule has 0 saturated heterocycles. The Balaban J connectivity index is 2.53. The van der Waals surface area contributed by atoms with E-state index in [1.165, 1.54) is 55.0 Å². The van der Waals surface area contributed by atoms with Gasteiger partial charge in [-0.25, -0.2) is 0 Å². The molecule has 2 aromatic carbocycles. The number of hydrogen-bond donors (Lipinski definition) is 0. The van der Waals surface area contributed by atoms with E-state index in [2.05, 4.69) is 81.3 Å². The third-order valence-electron chi connectivity index (χ3n) is 5.65. The van der Waals surface area contributed by atoms with Crippen molar-refractivity contribution in [2.24, 2.45) is 7.05 Å². The minimum atomic E-state index is 1.30. The third-order valence-corrected chi connectivity index (χ3v) is 5.65. The van der Waals surface area contributed by atoms with Gasteiger partial charge >= 0.3 is 0 Å². The van der Waals surface area contributed by atoms with Crippen LogP contribution in [-0.2, 0) is 7.05 Å².